The van der Waals surface area contributed by atoms with E-state index in [1.54, 1.807) is 4.63 Å². The van der Waals surface area contributed by atoms with Crippen LogP contribution in [0.3, 0.4) is 0 Å². The molecule has 3 aromatic rings. The topological polar surface area (TPSA) is 75.1 Å². The first-order valence-electron chi connectivity index (χ1n) is 7.74. The van der Waals surface area contributed by atoms with E-state index < -0.39 is 0 Å². The van der Waals surface area contributed by atoms with Gasteiger partial charge in [0.05, 0.1) is 5.69 Å². The minimum atomic E-state index is -0.149. The Labute approximate surface area is 145 Å². The zero-order valence-electron chi connectivity index (χ0n) is 14.1. The van der Waals surface area contributed by atoms with E-state index >= 15 is 0 Å². The number of aromatic amines is 1. The van der Waals surface area contributed by atoms with Gasteiger partial charge in [0, 0.05) is 24.4 Å². The first-order chi connectivity index (χ1) is 11.3. The van der Waals surface area contributed by atoms with Gasteiger partial charge in [0.1, 0.15) is 5.02 Å². The quantitative estimate of drug-likeness (QED) is 0.764. The Morgan fingerprint density at radius 2 is 2.08 bits per heavy atom. The highest BCUT2D eigenvalue weighted by Crippen LogP contribution is 2.31. The largest absolute Gasteiger partial charge is 0.352 e. The van der Waals surface area contributed by atoms with Gasteiger partial charge in [0.2, 0.25) is 5.91 Å². The van der Waals surface area contributed by atoms with Crippen molar-refractivity contribution in [3.8, 4) is 11.4 Å². The molecule has 0 unspecified atom stereocenters. The first kappa shape index (κ1) is 16.5. The maximum Gasteiger partial charge on any atom is 0.217 e. The number of rotatable bonds is 3. The molecule has 0 bridgehead atoms. The maximum atomic E-state index is 11.0. The van der Waals surface area contributed by atoms with E-state index in [9.17, 15) is 4.79 Å². The standard InChI is InChI=1S/C17H20ClN5O/c1-10(24)19-9-11-6-5-7-12(8-11)15-20-16-13(18)14(17(2,3)4)21-23(16)22-15/h5-8H,9H2,1-4H3,(H,19,24)(H,20,22). The monoisotopic (exact) mass is 345 g/mol. The first-order valence-corrected chi connectivity index (χ1v) is 8.12. The van der Waals surface area contributed by atoms with Gasteiger partial charge in [-0.3, -0.25) is 4.79 Å². The molecule has 7 heteroatoms. The lowest BCUT2D eigenvalue weighted by Gasteiger charge is -2.14. The summed E-state index contributed by atoms with van der Waals surface area (Å²) in [5, 5.41) is 12.4. The number of nitrogens with one attached hydrogen (secondary N) is 2. The lowest BCUT2D eigenvalue weighted by molar-refractivity contribution is -0.119. The third-order valence-corrected chi connectivity index (χ3v) is 4.05. The van der Waals surface area contributed by atoms with Crippen molar-refractivity contribution >= 4 is 23.2 Å². The number of carbonyl (C=O) groups is 1. The maximum absolute atomic E-state index is 11.0. The van der Waals surface area contributed by atoms with Gasteiger partial charge in [-0.1, -0.05) is 50.6 Å². The number of halogens is 1. The molecule has 126 valence electrons. The van der Waals surface area contributed by atoms with Crippen LogP contribution in [0, 0.1) is 0 Å². The predicted octanol–water partition coefficient (Wildman–Crippen LogP) is 3.31. The second kappa shape index (κ2) is 5.94. The van der Waals surface area contributed by atoms with E-state index in [4.69, 9.17) is 11.6 Å². The van der Waals surface area contributed by atoms with Gasteiger partial charge >= 0.3 is 0 Å². The number of fused-ring (bicyclic) bond motifs is 1. The minimum Gasteiger partial charge on any atom is -0.352 e. The average molecular weight is 346 g/mol. The molecule has 3 rings (SSSR count). The van der Waals surface area contributed by atoms with Crippen LogP contribution in [0.2, 0.25) is 5.02 Å². The molecule has 0 fully saturated rings. The fourth-order valence-corrected chi connectivity index (χ4v) is 2.91. The summed E-state index contributed by atoms with van der Waals surface area (Å²) < 4.78 is 1.54. The van der Waals surface area contributed by atoms with Crippen molar-refractivity contribution < 1.29 is 4.79 Å². The van der Waals surface area contributed by atoms with Gasteiger partial charge in [0.25, 0.3) is 0 Å². The number of aromatic nitrogens is 4. The minimum absolute atomic E-state index is 0.0571. The number of hydrogen-bond acceptors (Lipinski definition) is 3. The van der Waals surface area contributed by atoms with Gasteiger partial charge in [-0.05, 0) is 11.6 Å². The van der Waals surface area contributed by atoms with Gasteiger partial charge in [-0.2, -0.15) is 5.10 Å². The number of carbonyl (C=O) groups excluding carboxylic acids is 1. The summed E-state index contributed by atoms with van der Waals surface area (Å²) in [5.74, 6) is 0.628. The summed E-state index contributed by atoms with van der Waals surface area (Å²) in [6.07, 6.45) is 0. The van der Waals surface area contributed by atoms with E-state index in [0.717, 1.165) is 16.8 Å². The zero-order valence-corrected chi connectivity index (χ0v) is 14.9. The van der Waals surface area contributed by atoms with Crippen molar-refractivity contribution in [2.45, 2.75) is 39.7 Å². The van der Waals surface area contributed by atoms with Crippen LogP contribution in [0.5, 0.6) is 0 Å². The predicted molar refractivity (Wildman–Crippen MR) is 94.0 cm³/mol. The lowest BCUT2D eigenvalue weighted by atomic mass is 9.92. The average Bonchev–Trinajstić information content (AvgIpc) is 3.05. The molecule has 24 heavy (non-hydrogen) atoms. The molecule has 6 nitrogen and oxygen atoms in total. The van der Waals surface area contributed by atoms with E-state index in [1.165, 1.54) is 6.92 Å². The van der Waals surface area contributed by atoms with Crippen LogP contribution in [0.25, 0.3) is 17.0 Å². The smallest absolute Gasteiger partial charge is 0.217 e. The Bertz CT molecular complexity index is 903. The summed E-state index contributed by atoms with van der Waals surface area (Å²) >= 11 is 6.46. The second-order valence-electron chi connectivity index (χ2n) is 6.83. The Morgan fingerprint density at radius 1 is 1.33 bits per heavy atom. The summed E-state index contributed by atoms with van der Waals surface area (Å²) in [5.41, 5.74) is 3.26. The molecule has 0 atom stereocenters. The molecule has 0 saturated heterocycles. The van der Waals surface area contributed by atoms with Crippen molar-refractivity contribution in [2.24, 2.45) is 0 Å². The molecular weight excluding hydrogens is 326 g/mol. The number of H-pyrrole nitrogens is 1. The van der Waals surface area contributed by atoms with Crippen molar-refractivity contribution in [3.05, 3.63) is 40.5 Å². The summed E-state index contributed by atoms with van der Waals surface area (Å²) in [6, 6.07) is 7.82. The molecule has 0 aliphatic heterocycles. The summed E-state index contributed by atoms with van der Waals surface area (Å²) in [4.78, 5) is 14.3. The Balaban J connectivity index is 1.96. The molecule has 1 amide bonds. The molecule has 0 radical (unpaired) electrons. The van der Waals surface area contributed by atoms with Crippen molar-refractivity contribution in [3.63, 3.8) is 0 Å². The Hall–Kier alpha value is -2.34. The molecule has 2 N–H and O–H groups in total. The van der Waals surface area contributed by atoms with Crippen molar-refractivity contribution in [1.29, 1.82) is 0 Å². The van der Waals surface area contributed by atoms with Crippen LogP contribution in [0.1, 0.15) is 39.0 Å². The van der Waals surface area contributed by atoms with Crippen LogP contribution >= 0.6 is 11.6 Å². The number of benzene rings is 1. The number of hydrogen-bond donors (Lipinski definition) is 2. The Kier molecular flexibility index (Phi) is 4.09. The molecule has 2 heterocycles. The van der Waals surface area contributed by atoms with Crippen LogP contribution < -0.4 is 5.32 Å². The molecular formula is C17H20ClN5O. The normalized spacial score (nSPS) is 11.9. The Morgan fingerprint density at radius 3 is 2.71 bits per heavy atom. The fraction of sp³-hybridized carbons (Fsp3) is 0.353. The number of nitrogens with zero attached hydrogens (tertiary/aromatic N) is 3. The fourth-order valence-electron chi connectivity index (χ4n) is 2.46. The SMILES string of the molecule is CC(=O)NCc1cccc(-c2nn3nc(C(C)(C)C)c(Cl)c3[nH]2)c1. The molecule has 0 spiro atoms. The van der Waals surface area contributed by atoms with Crippen LogP contribution in [0.4, 0.5) is 0 Å². The van der Waals surface area contributed by atoms with Crippen molar-refractivity contribution in [2.75, 3.05) is 0 Å². The second-order valence-corrected chi connectivity index (χ2v) is 7.21. The molecule has 0 aliphatic rings. The van der Waals surface area contributed by atoms with Crippen LogP contribution in [-0.4, -0.2) is 25.7 Å². The molecule has 0 saturated carbocycles. The van der Waals surface area contributed by atoms with E-state index in [-0.39, 0.29) is 11.3 Å². The summed E-state index contributed by atoms with van der Waals surface area (Å²) in [7, 11) is 0. The van der Waals surface area contributed by atoms with Crippen LogP contribution in [0.15, 0.2) is 24.3 Å². The highest BCUT2D eigenvalue weighted by atomic mass is 35.5. The van der Waals surface area contributed by atoms with Gasteiger partial charge in [-0.15, -0.1) is 9.73 Å². The molecule has 2 aromatic heterocycles. The van der Waals surface area contributed by atoms with Gasteiger partial charge < -0.3 is 10.3 Å². The lowest BCUT2D eigenvalue weighted by Crippen LogP contribution is -2.18. The van der Waals surface area contributed by atoms with Gasteiger partial charge in [-0.25, -0.2) is 0 Å². The van der Waals surface area contributed by atoms with Crippen molar-refractivity contribution in [1.82, 2.24) is 25.1 Å². The third kappa shape index (κ3) is 3.14. The van der Waals surface area contributed by atoms with E-state index in [0.29, 0.717) is 23.0 Å². The zero-order chi connectivity index (χ0) is 17.5. The molecule has 1 aromatic carbocycles. The molecule has 0 aliphatic carbocycles. The third-order valence-electron chi connectivity index (χ3n) is 3.69. The van der Waals surface area contributed by atoms with E-state index in [2.05, 4.69) is 41.3 Å². The number of amides is 1. The highest BCUT2D eigenvalue weighted by Gasteiger charge is 2.25. The highest BCUT2D eigenvalue weighted by molar-refractivity contribution is 6.34. The summed E-state index contributed by atoms with van der Waals surface area (Å²) in [6.45, 7) is 8.17. The van der Waals surface area contributed by atoms with E-state index in [1.807, 2.05) is 24.3 Å². The van der Waals surface area contributed by atoms with Gasteiger partial charge in [0.15, 0.2) is 11.5 Å². The van der Waals surface area contributed by atoms with Crippen LogP contribution in [-0.2, 0) is 16.8 Å².